The highest BCUT2D eigenvalue weighted by Crippen LogP contribution is 2.16. The van der Waals surface area contributed by atoms with E-state index in [4.69, 9.17) is 5.11 Å². The maximum Gasteiger partial charge on any atom is 0.390 e. The second-order valence-electron chi connectivity index (χ2n) is 3.36. The molecule has 0 aromatic carbocycles. The standard InChI is InChI=1S/C8H11N3O4/c1-5(2)10-6(4-8(12)13)3-7(9-10)11(14)15/h3,5H,4H2,1-2H3,(H,12,13). The van der Waals surface area contributed by atoms with Gasteiger partial charge in [-0.3, -0.25) is 4.79 Å². The average Bonchev–Trinajstić information content (AvgIpc) is 2.46. The molecule has 0 fully saturated rings. The summed E-state index contributed by atoms with van der Waals surface area (Å²) in [5.41, 5.74) is 0.337. The largest absolute Gasteiger partial charge is 0.481 e. The van der Waals surface area contributed by atoms with Crippen molar-refractivity contribution in [3.8, 4) is 0 Å². The molecule has 7 nitrogen and oxygen atoms in total. The van der Waals surface area contributed by atoms with Gasteiger partial charge in [0.2, 0.25) is 0 Å². The van der Waals surface area contributed by atoms with Gasteiger partial charge in [-0.15, -0.1) is 0 Å². The molecule has 82 valence electrons. The fourth-order valence-corrected chi connectivity index (χ4v) is 1.24. The Hall–Kier alpha value is -1.92. The fraction of sp³-hybridized carbons (Fsp3) is 0.500. The molecule has 0 amide bonds. The van der Waals surface area contributed by atoms with Gasteiger partial charge in [-0.1, -0.05) is 0 Å². The van der Waals surface area contributed by atoms with Crippen LogP contribution in [-0.4, -0.2) is 25.8 Å². The molecule has 0 atom stereocenters. The lowest BCUT2D eigenvalue weighted by atomic mass is 10.3. The van der Waals surface area contributed by atoms with Crippen LogP contribution >= 0.6 is 0 Å². The summed E-state index contributed by atoms with van der Waals surface area (Å²) >= 11 is 0. The lowest BCUT2D eigenvalue weighted by Crippen LogP contribution is -2.11. The maximum atomic E-state index is 10.5. The van der Waals surface area contributed by atoms with E-state index in [1.165, 1.54) is 10.7 Å². The van der Waals surface area contributed by atoms with E-state index in [1.54, 1.807) is 13.8 Å². The molecule has 0 saturated carbocycles. The van der Waals surface area contributed by atoms with Crippen molar-refractivity contribution >= 4 is 11.8 Å². The second-order valence-corrected chi connectivity index (χ2v) is 3.36. The highest BCUT2D eigenvalue weighted by molar-refractivity contribution is 5.69. The van der Waals surface area contributed by atoms with E-state index in [9.17, 15) is 14.9 Å². The number of aliphatic carboxylic acids is 1. The molecule has 0 unspecified atom stereocenters. The molecule has 0 radical (unpaired) electrons. The molecule has 1 aromatic rings. The Bertz CT molecular complexity index is 397. The zero-order valence-corrected chi connectivity index (χ0v) is 8.38. The Morgan fingerprint density at radius 3 is 2.73 bits per heavy atom. The number of hydrogen-bond acceptors (Lipinski definition) is 4. The SMILES string of the molecule is CC(C)n1nc([N+](=O)[O-])cc1CC(=O)O. The molecule has 15 heavy (non-hydrogen) atoms. The van der Waals surface area contributed by atoms with Crippen LogP contribution in [0.15, 0.2) is 6.07 Å². The first-order chi connectivity index (χ1) is 6.91. The Morgan fingerprint density at radius 1 is 1.73 bits per heavy atom. The van der Waals surface area contributed by atoms with Crippen molar-refractivity contribution < 1.29 is 14.8 Å². The van der Waals surface area contributed by atoms with Crippen LogP contribution in [0.25, 0.3) is 0 Å². The average molecular weight is 213 g/mol. The van der Waals surface area contributed by atoms with Crippen molar-refractivity contribution in [2.45, 2.75) is 26.3 Å². The van der Waals surface area contributed by atoms with Crippen molar-refractivity contribution in [2.24, 2.45) is 0 Å². The van der Waals surface area contributed by atoms with Gasteiger partial charge in [-0.25, -0.2) is 0 Å². The molecule has 1 N–H and O–H groups in total. The van der Waals surface area contributed by atoms with Crippen molar-refractivity contribution in [1.82, 2.24) is 9.78 Å². The summed E-state index contributed by atoms with van der Waals surface area (Å²) < 4.78 is 1.35. The summed E-state index contributed by atoms with van der Waals surface area (Å²) in [6.45, 7) is 3.56. The van der Waals surface area contributed by atoms with E-state index in [2.05, 4.69) is 5.10 Å². The van der Waals surface area contributed by atoms with Gasteiger partial charge < -0.3 is 15.2 Å². The van der Waals surface area contributed by atoms with Crippen molar-refractivity contribution in [3.63, 3.8) is 0 Å². The number of aromatic nitrogens is 2. The Kier molecular flexibility index (Phi) is 3.03. The minimum Gasteiger partial charge on any atom is -0.481 e. The van der Waals surface area contributed by atoms with Crippen LogP contribution in [0.2, 0.25) is 0 Å². The van der Waals surface area contributed by atoms with Crippen LogP contribution < -0.4 is 0 Å². The third-order valence-corrected chi connectivity index (χ3v) is 1.81. The number of carboxylic acid groups (broad SMARTS) is 1. The van der Waals surface area contributed by atoms with Crippen LogP contribution in [0.1, 0.15) is 25.6 Å². The summed E-state index contributed by atoms with van der Waals surface area (Å²) in [7, 11) is 0. The summed E-state index contributed by atoms with van der Waals surface area (Å²) in [5.74, 6) is -1.35. The predicted molar refractivity (Wildman–Crippen MR) is 50.6 cm³/mol. The number of hydrogen-bond donors (Lipinski definition) is 1. The third-order valence-electron chi connectivity index (χ3n) is 1.81. The van der Waals surface area contributed by atoms with Gasteiger partial charge in [0.25, 0.3) is 0 Å². The highest BCUT2D eigenvalue weighted by atomic mass is 16.6. The summed E-state index contributed by atoms with van der Waals surface area (Å²) in [6, 6.07) is 1.08. The predicted octanol–water partition coefficient (Wildman–Crippen LogP) is 0.999. The van der Waals surface area contributed by atoms with Crippen LogP contribution in [0, 0.1) is 10.1 Å². The van der Waals surface area contributed by atoms with Crippen molar-refractivity contribution in [3.05, 3.63) is 21.9 Å². The van der Waals surface area contributed by atoms with Crippen molar-refractivity contribution in [2.75, 3.05) is 0 Å². The zero-order chi connectivity index (χ0) is 11.6. The Morgan fingerprint density at radius 2 is 2.33 bits per heavy atom. The molecule has 0 bridgehead atoms. The van der Waals surface area contributed by atoms with Gasteiger partial charge in [-0.2, -0.15) is 4.68 Å². The van der Waals surface area contributed by atoms with Gasteiger partial charge in [0.15, 0.2) is 0 Å². The molecular formula is C8H11N3O4. The number of nitrogens with zero attached hydrogens (tertiary/aromatic N) is 3. The first-order valence-corrected chi connectivity index (χ1v) is 4.36. The monoisotopic (exact) mass is 213 g/mol. The van der Waals surface area contributed by atoms with Gasteiger partial charge >= 0.3 is 11.8 Å². The lowest BCUT2D eigenvalue weighted by molar-refractivity contribution is -0.389. The van der Waals surface area contributed by atoms with E-state index >= 15 is 0 Å². The number of carboxylic acids is 1. The fourth-order valence-electron chi connectivity index (χ4n) is 1.24. The zero-order valence-electron chi connectivity index (χ0n) is 8.38. The summed E-state index contributed by atoms with van der Waals surface area (Å²) in [5, 5.41) is 22.8. The molecule has 1 heterocycles. The third kappa shape index (κ3) is 2.52. The molecule has 0 aliphatic carbocycles. The molecule has 0 spiro atoms. The van der Waals surface area contributed by atoms with E-state index in [0.29, 0.717) is 5.69 Å². The summed E-state index contributed by atoms with van der Waals surface area (Å²) in [6.07, 6.45) is -0.265. The van der Waals surface area contributed by atoms with E-state index in [-0.39, 0.29) is 18.3 Å². The maximum absolute atomic E-state index is 10.5. The van der Waals surface area contributed by atoms with Gasteiger partial charge in [0, 0.05) is 0 Å². The Labute approximate surface area is 85.5 Å². The van der Waals surface area contributed by atoms with Crippen LogP contribution in [0.3, 0.4) is 0 Å². The molecule has 0 aliphatic rings. The van der Waals surface area contributed by atoms with Crippen LogP contribution in [0.5, 0.6) is 0 Å². The minimum absolute atomic E-state index is 0.104. The first kappa shape index (κ1) is 11.2. The van der Waals surface area contributed by atoms with E-state index in [1.807, 2.05) is 0 Å². The normalized spacial score (nSPS) is 10.6. The first-order valence-electron chi connectivity index (χ1n) is 4.36. The lowest BCUT2D eigenvalue weighted by Gasteiger charge is -2.03. The second kappa shape index (κ2) is 4.07. The van der Waals surface area contributed by atoms with Gasteiger partial charge in [0.05, 0.1) is 29.3 Å². The summed E-state index contributed by atoms with van der Waals surface area (Å²) in [4.78, 5) is 20.3. The minimum atomic E-state index is -1.04. The molecule has 0 saturated heterocycles. The molecule has 7 heteroatoms. The van der Waals surface area contributed by atoms with Gasteiger partial charge in [0.1, 0.15) is 0 Å². The van der Waals surface area contributed by atoms with E-state index in [0.717, 1.165) is 0 Å². The highest BCUT2D eigenvalue weighted by Gasteiger charge is 2.21. The molecular weight excluding hydrogens is 202 g/mol. The van der Waals surface area contributed by atoms with Crippen LogP contribution in [-0.2, 0) is 11.2 Å². The number of carbonyl (C=O) groups is 1. The molecule has 1 rings (SSSR count). The van der Waals surface area contributed by atoms with Crippen molar-refractivity contribution in [1.29, 1.82) is 0 Å². The smallest absolute Gasteiger partial charge is 0.390 e. The Balaban J connectivity index is 3.11. The molecule has 0 aliphatic heterocycles. The van der Waals surface area contributed by atoms with Crippen LogP contribution in [0.4, 0.5) is 5.82 Å². The van der Waals surface area contributed by atoms with Gasteiger partial charge in [-0.05, 0) is 18.8 Å². The number of rotatable bonds is 4. The quantitative estimate of drug-likeness (QED) is 0.594. The van der Waals surface area contributed by atoms with E-state index < -0.39 is 10.9 Å². The topological polar surface area (TPSA) is 98.3 Å². The number of nitro groups is 1. The molecule has 1 aromatic heterocycles.